The van der Waals surface area contributed by atoms with E-state index in [1.165, 1.54) is 6.42 Å². The number of ether oxygens (including phenoxy) is 1. The van der Waals surface area contributed by atoms with Gasteiger partial charge in [0.15, 0.2) is 0 Å². The minimum atomic E-state index is -0.535. The van der Waals surface area contributed by atoms with Gasteiger partial charge in [0.05, 0.1) is 31.4 Å². The Labute approximate surface area is 189 Å². The summed E-state index contributed by atoms with van der Waals surface area (Å²) in [6.45, 7) is -0.142. The normalized spacial score (nSPS) is 22.8. The van der Waals surface area contributed by atoms with E-state index in [0.717, 1.165) is 48.1 Å². The predicted octanol–water partition coefficient (Wildman–Crippen LogP) is 3.85. The second kappa shape index (κ2) is 9.90. The van der Waals surface area contributed by atoms with Crippen molar-refractivity contribution in [3.63, 3.8) is 0 Å². The molecule has 0 unspecified atom stereocenters. The summed E-state index contributed by atoms with van der Waals surface area (Å²) >= 11 is 0. The highest BCUT2D eigenvalue weighted by Crippen LogP contribution is 2.42. The zero-order chi connectivity index (χ0) is 22.5. The topological polar surface area (TPSA) is 73.6 Å². The van der Waals surface area contributed by atoms with E-state index in [9.17, 15) is 15.2 Å². The third-order valence-corrected chi connectivity index (χ3v) is 6.68. The van der Waals surface area contributed by atoms with Gasteiger partial charge in [0, 0.05) is 17.4 Å². The van der Waals surface area contributed by atoms with Crippen molar-refractivity contribution in [1.29, 1.82) is 5.26 Å². The standard InChI is InChI=1S/C27H28N2O3/c1-32-25-10-6-5-7-20(25)14-11-19-12-15-21(16-13-19)26-23(17-28)29(24(26)18-30)27(31)22-8-3-2-4-9-22/h5-7,10,12-13,15-16,22-24,26,30H,2-4,8-9,18H2,1H3/t23-,24+,26-/m0/s1. The van der Waals surface area contributed by atoms with Crippen LogP contribution in [0.15, 0.2) is 48.5 Å². The SMILES string of the molecule is COc1ccccc1C#Cc1ccc([C@@H]2[C@@H](CO)N(C(=O)C3CCCCC3)[C@H]2C#N)cc1. The minimum absolute atomic E-state index is 0.0118. The van der Waals surface area contributed by atoms with Gasteiger partial charge in [-0.2, -0.15) is 5.26 Å². The Hall–Kier alpha value is -3.28. The van der Waals surface area contributed by atoms with Crippen LogP contribution >= 0.6 is 0 Å². The van der Waals surface area contributed by atoms with E-state index in [2.05, 4.69) is 17.9 Å². The molecule has 5 nitrogen and oxygen atoms in total. The van der Waals surface area contributed by atoms with Gasteiger partial charge in [0.25, 0.3) is 0 Å². The predicted molar refractivity (Wildman–Crippen MR) is 122 cm³/mol. The minimum Gasteiger partial charge on any atom is -0.495 e. The van der Waals surface area contributed by atoms with Gasteiger partial charge in [-0.1, -0.05) is 55.4 Å². The number of methoxy groups -OCH3 is 1. The summed E-state index contributed by atoms with van der Waals surface area (Å²) in [5.74, 6) is 6.85. The Morgan fingerprint density at radius 1 is 1.09 bits per heavy atom. The molecule has 2 aliphatic rings. The van der Waals surface area contributed by atoms with Crippen LogP contribution in [0.4, 0.5) is 0 Å². The van der Waals surface area contributed by atoms with E-state index in [0.29, 0.717) is 0 Å². The van der Waals surface area contributed by atoms with Crippen molar-refractivity contribution in [2.75, 3.05) is 13.7 Å². The third-order valence-electron chi connectivity index (χ3n) is 6.68. The highest BCUT2D eigenvalue weighted by atomic mass is 16.5. The molecule has 0 bridgehead atoms. The fourth-order valence-electron chi connectivity index (χ4n) is 4.95. The molecule has 2 aromatic carbocycles. The summed E-state index contributed by atoms with van der Waals surface area (Å²) in [5.41, 5.74) is 2.62. The number of carbonyl (C=O) groups is 1. The Morgan fingerprint density at radius 3 is 2.47 bits per heavy atom. The molecule has 1 heterocycles. The Bertz CT molecular complexity index is 1050. The highest BCUT2D eigenvalue weighted by Gasteiger charge is 2.52. The van der Waals surface area contributed by atoms with E-state index in [1.807, 2.05) is 48.5 Å². The lowest BCUT2D eigenvalue weighted by Crippen LogP contribution is -2.66. The molecule has 1 N–H and O–H groups in total. The van der Waals surface area contributed by atoms with Crippen LogP contribution in [0.3, 0.4) is 0 Å². The molecule has 4 rings (SSSR count). The molecular weight excluding hydrogens is 400 g/mol. The lowest BCUT2D eigenvalue weighted by Gasteiger charge is -2.52. The van der Waals surface area contributed by atoms with Crippen molar-refractivity contribution in [2.24, 2.45) is 5.92 Å². The van der Waals surface area contributed by atoms with Gasteiger partial charge >= 0.3 is 0 Å². The Kier molecular flexibility index (Phi) is 6.78. The van der Waals surface area contributed by atoms with Crippen molar-refractivity contribution in [2.45, 2.75) is 50.1 Å². The van der Waals surface area contributed by atoms with Gasteiger partial charge in [-0.25, -0.2) is 0 Å². The van der Waals surface area contributed by atoms with E-state index < -0.39 is 6.04 Å². The lowest BCUT2D eigenvalue weighted by molar-refractivity contribution is -0.152. The van der Waals surface area contributed by atoms with Gasteiger partial charge in [0.2, 0.25) is 5.91 Å². The van der Waals surface area contributed by atoms with Crippen molar-refractivity contribution in [1.82, 2.24) is 4.90 Å². The number of likely N-dealkylation sites (tertiary alicyclic amines) is 1. The quantitative estimate of drug-likeness (QED) is 0.751. The van der Waals surface area contributed by atoms with Crippen LogP contribution in [0.25, 0.3) is 0 Å². The molecule has 0 spiro atoms. The molecule has 1 amide bonds. The second-order valence-corrected chi connectivity index (χ2v) is 8.50. The van der Waals surface area contributed by atoms with Crippen LogP contribution in [0.1, 0.15) is 54.7 Å². The van der Waals surface area contributed by atoms with Gasteiger partial charge < -0.3 is 14.7 Å². The molecule has 2 aromatic rings. The average molecular weight is 429 g/mol. The zero-order valence-corrected chi connectivity index (χ0v) is 18.3. The maximum atomic E-state index is 13.1. The molecule has 1 saturated carbocycles. The first-order valence-corrected chi connectivity index (χ1v) is 11.3. The largest absolute Gasteiger partial charge is 0.495 e. The molecular formula is C27H28N2O3. The van der Waals surface area contributed by atoms with E-state index in [1.54, 1.807) is 12.0 Å². The number of benzene rings is 2. The number of para-hydroxylation sites is 1. The van der Waals surface area contributed by atoms with E-state index in [-0.39, 0.29) is 30.4 Å². The smallest absolute Gasteiger partial charge is 0.227 e. The molecule has 0 aromatic heterocycles. The first kappa shape index (κ1) is 21.9. The van der Waals surface area contributed by atoms with E-state index >= 15 is 0 Å². The first-order valence-electron chi connectivity index (χ1n) is 11.3. The number of hydrogen-bond donors (Lipinski definition) is 1. The number of aliphatic hydroxyl groups is 1. The average Bonchev–Trinajstić information content (AvgIpc) is 2.84. The fourth-order valence-corrected chi connectivity index (χ4v) is 4.95. The van der Waals surface area contributed by atoms with Crippen LogP contribution in [0.5, 0.6) is 5.75 Å². The van der Waals surface area contributed by atoms with Crippen LogP contribution in [0, 0.1) is 29.1 Å². The van der Waals surface area contributed by atoms with Crippen LogP contribution in [-0.4, -0.2) is 41.7 Å². The first-order chi connectivity index (χ1) is 15.7. The van der Waals surface area contributed by atoms with Crippen LogP contribution < -0.4 is 4.74 Å². The summed E-state index contributed by atoms with van der Waals surface area (Å²) in [6.07, 6.45) is 5.06. The number of carbonyl (C=O) groups excluding carboxylic acids is 1. The van der Waals surface area contributed by atoms with Crippen molar-refractivity contribution in [3.05, 3.63) is 65.2 Å². The van der Waals surface area contributed by atoms with Crippen LogP contribution in [0.2, 0.25) is 0 Å². The number of nitriles is 1. The van der Waals surface area contributed by atoms with Crippen molar-refractivity contribution < 1.29 is 14.6 Å². The van der Waals surface area contributed by atoms with Gasteiger partial charge in [-0.05, 0) is 42.7 Å². The molecule has 0 radical (unpaired) electrons. The molecule has 2 fully saturated rings. The molecule has 1 saturated heterocycles. The number of amides is 1. The van der Waals surface area contributed by atoms with E-state index in [4.69, 9.17) is 4.74 Å². The molecule has 32 heavy (non-hydrogen) atoms. The number of aliphatic hydroxyl groups excluding tert-OH is 1. The van der Waals surface area contributed by atoms with Crippen LogP contribution in [-0.2, 0) is 4.79 Å². The zero-order valence-electron chi connectivity index (χ0n) is 18.3. The summed E-state index contributed by atoms with van der Waals surface area (Å²) in [5, 5.41) is 19.8. The maximum Gasteiger partial charge on any atom is 0.227 e. The van der Waals surface area contributed by atoms with Crippen molar-refractivity contribution >= 4 is 5.91 Å². The van der Waals surface area contributed by atoms with Gasteiger partial charge in [0.1, 0.15) is 11.8 Å². The fraction of sp³-hybridized carbons (Fsp3) is 0.407. The summed E-state index contributed by atoms with van der Waals surface area (Å²) < 4.78 is 5.34. The Balaban J connectivity index is 1.50. The molecule has 1 aliphatic carbocycles. The lowest BCUT2D eigenvalue weighted by atomic mass is 9.74. The van der Waals surface area contributed by atoms with Gasteiger partial charge in [-0.3, -0.25) is 4.79 Å². The number of hydrogen-bond acceptors (Lipinski definition) is 4. The molecule has 3 atom stereocenters. The Morgan fingerprint density at radius 2 is 1.81 bits per heavy atom. The second-order valence-electron chi connectivity index (χ2n) is 8.50. The monoisotopic (exact) mass is 428 g/mol. The highest BCUT2D eigenvalue weighted by molar-refractivity contribution is 5.81. The number of nitrogens with zero attached hydrogens (tertiary/aromatic N) is 2. The third kappa shape index (κ3) is 4.22. The molecule has 1 aliphatic heterocycles. The maximum absolute atomic E-state index is 13.1. The van der Waals surface area contributed by atoms with Crippen molar-refractivity contribution in [3.8, 4) is 23.7 Å². The summed E-state index contributed by atoms with van der Waals surface area (Å²) in [7, 11) is 1.62. The molecule has 164 valence electrons. The summed E-state index contributed by atoms with van der Waals surface area (Å²) in [6, 6.07) is 16.8. The number of rotatable bonds is 4. The summed E-state index contributed by atoms with van der Waals surface area (Å²) in [4.78, 5) is 14.7. The molecule has 5 heteroatoms. The van der Waals surface area contributed by atoms with Gasteiger partial charge in [-0.15, -0.1) is 0 Å².